The maximum Gasteiger partial charge on any atom is 0.355 e. The largest absolute Gasteiger partial charge is 0.462 e. The second kappa shape index (κ2) is 8.53. The lowest BCUT2D eigenvalue weighted by molar-refractivity contribution is -0.119. The van der Waals surface area contributed by atoms with E-state index in [1.165, 1.54) is 0 Å². The summed E-state index contributed by atoms with van der Waals surface area (Å²) in [5.74, 6) is -1.65. The quantitative estimate of drug-likeness (QED) is 0.759. The molecule has 2 aromatic rings. The fourth-order valence-corrected chi connectivity index (χ4v) is 2.85. The number of hydrogen-bond acceptors (Lipinski definition) is 5. The van der Waals surface area contributed by atoms with Crippen molar-refractivity contribution >= 4 is 23.5 Å². The summed E-state index contributed by atoms with van der Waals surface area (Å²) in [4.78, 5) is 39.3. The molecule has 0 aliphatic carbocycles. The van der Waals surface area contributed by atoms with Crippen molar-refractivity contribution in [3.05, 3.63) is 51.8 Å². The van der Waals surface area contributed by atoms with Gasteiger partial charge in [0.25, 0.3) is 5.91 Å². The Kier molecular flexibility index (Phi) is 6.39. The molecule has 0 atom stereocenters. The molecule has 0 saturated carbocycles. The summed E-state index contributed by atoms with van der Waals surface area (Å²) in [7, 11) is 0. The maximum atomic E-state index is 12.3. The van der Waals surface area contributed by atoms with Gasteiger partial charge in [0, 0.05) is 11.4 Å². The van der Waals surface area contributed by atoms with Crippen LogP contribution in [-0.2, 0) is 14.3 Å². The zero-order valence-corrected chi connectivity index (χ0v) is 16.2. The van der Waals surface area contributed by atoms with Gasteiger partial charge in [0.15, 0.2) is 6.61 Å². The lowest BCUT2D eigenvalue weighted by Crippen LogP contribution is -2.22. The number of esters is 2. The SMILES string of the molecule is CCOC(=O)c1c(C)[nH]c(C(=O)OCC(=O)Nc2c(C)cccc2C)c1C. The summed E-state index contributed by atoms with van der Waals surface area (Å²) in [6, 6.07) is 5.67. The molecule has 27 heavy (non-hydrogen) atoms. The topological polar surface area (TPSA) is 97.5 Å². The molecule has 144 valence electrons. The van der Waals surface area contributed by atoms with E-state index in [0.29, 0.717) is 22.5 Å². The van der Waals surface area contributed by atoms with Crippen molar-refractivity contribution < 1.29 is 23.9 Å². The Hall–Kier alpha value is -3.09. The number of H-pyrrole nitrogens is 1. The minimum Gasteiger partial charge on any atom is -0.462 e. The molecular formula is C20H24N2O5. The Bertz CT molecular complexity index is 862. The highest BCUT2D eigenvalue weighted by Crippen LogP contribution is 2.21. The average Bonchev–Trinajstić information content (AvgIpc) is 2.91. The predicted molar refractivity (Wildman–Crippen MR) is 101 cm³/mol. The molecule has 0 aliphatic heterocycles. The fraction of sp³-hybridized carbons (Fsp3) is 0.350. The number of aryl methyl sites for hydroxylation is 3. The van der Waals surface area contributed by atoms with Crippen LogP contribution in [-0.4, -0.2) is 36.0 Å². The van der Waals surface area contributed by atoms with Crippen molar-refractivity contribution in [3.63, 3.8) is 0 Å². The van der Waals surface area contributed by atoms with E-state index in [0.717, 1.165) is 11.1 Å². The van der Waals surface area contributed by atoms with Crippen LogP contribution >= 0.6 is 0 Å². The van der Waals surface area contributed by atoms with Gasteiger partial charge in [-0.2, -0.15) is 0 Å². The molecule has 1 aromatic heterocycles. The lowest BCUT2D eigenvalue weighted by atomic mass is 10.1. The third-order valence-electron chi connectivity index (χ3n) is 4.20. The monoisotopic (exact) mass is 372 g/mol. The summed E-state index contributed by atoms with van der Waals surface area (Å²) in [5.41, 5.74) is 3.94. The Morgan fingerprint density at radius 2 is 1.63 bits per heavy atom. The minimum atomic E-state index is -0.706. The summed E-state index contributed by atoms with van der Waals surface area (Å²) >= 11 is 0. The Balaban J connectivity index is 2.05. The van der Waals surface area contributed by atoms with E-state index in [-0.39, 0.29) is 12.3 Å². The van der Waals surface area contributed by atoms with Gasteiger partial charge in [-0.1, -0.05) is 18.2 Å². The lowest BCUT2D eigenvalue weighted by Gasteiger charge is -2.11. The van der Waals surface area contributed by atoms with E-state index in [4.69, 9.17) is 9.47 Å². The third-order valence-corrected chi connectivity index (χ3v) is 4.20. The standard InChI is InChI=1S/C20H24N2O5/c1-6-26-19(24)16-13(4)18(21-14(16)5)20(25)27-10-15(23)22-17-11(2)8-7-9-12(17)3/h7-9,21H,6,10H2,1-5H3,(H,22,23). The molecule has 2 N–H and O–H groups in total. The molecule has 0 radical (unpaired) electrons. The number of para-hydroxylation sites is 1. The fourth-order valence-electron chi connectivity index (χ4n) is 2.85. The number of ether oxygens (including phenoxy) is 2. The molecule has 0 saturated heterocycles. The molecule has 1 amide bonds. The first-order chi connectivity index (χ1) is 12.8. The number of nitrogens with one attached hydrogen (secondary N) is 2. The van der Waals surface area contributed by atoms with E-state index in [9.17, 15) is 14.4 Å². The normalized spacial score (nSPS) is 10.4. The second-order valence-electron chi connectivity index (χ2n) is 6.24. The highest BCUT2D eigenvalue weighted by Gasteiger charge is 2.24. The van der Waals surface area contributed by atoms with Gasteiger partial charge in [-0.3, -0.25) is 4.79 Å². The zero-order chi connectivity index (χ0) is 20.1. The van der Waals surface area contributed by atoms with Gasteiger partial charge in [0.2, 0.25) is 0 Å². The first kappa shape index (κ1) is 20.2. The van der Waals surface area contributed by atoms with E-state index < -0.39 is 24.5 Å². The van der Waals surface area contributed by atoms with Crippen LogP contribution in [0.3, 0.4) is 0 Å². The number of carbonyl (C=O) groups is 3. The van der Waals surface area contributed by atoms with E-state index in [2.05, 4.69) is 10.3 Å². The first-order valence-corrected chi connectivity index (χ1v) is 8.65. The van der Waals surface area contributed by atoms with E-state index in [1.807, 2.05) is 32.0 Å². The van der Waals surface area contributed by atoms with Crippen LogP contribution in [0.15, 0.2) is 18.2 Å². The Morgan fingerprint density at radius 1 is 1.00 bits per heavy atom. The molecule has 1 aromatic carbocycles. The number of rotatable bonds is 6. The molecule has 0 bridgehead atoms. The van der Waals surface area contributed by atoms with Crippen LogP contribution < -0.4 is 5.32 Å². The minimum absolute atomic E-state index is 0.135. The molecule has 0 aliphatic rings. The summed E-state index contributed by atoms with van der Waals surface area (Å²) in [6.45, 7) is 8.58. The maximum absolute atomic E-state index is 12.3. The number of benzene rings is 1. The van der Waals surface area contributed by atoms with E-state index in [1.54, 1.807) is 20.8 Å². The van der Waals surface area contributed by atoms with Crippen LogP contribution in [0.25, 0.3) is 0 Å². The van der Waals surface area contributed by atoms with Crippen molar-refractivity contribution in [1.29, 1.82) is 0 Å². The van der Waals surface area contributed by atoms with Gasteiger partial charge < -0.3 is 19.8 Å². The highest BCUT2D eigenvalue weighted by molar-refractivity contribution is 6.00. The van der Waals surface area contributed by atoms with Crippen LogP contribution in [0.5, 0.6) is 0 Å². The third kappa shape index (κ3) is 4.55. The van der Waals surface area contributed by atoms with Gasteiger partial charge in [0.05, 0.1) is 12.2 Å². The van der Waals surface area contributed by atoms with Gasteiger partial charge >= 0.3 is 11.9 Å². The summed E-state index contributed by atoms with van der Waals surface area (Å²) in [5, 5.41) is 2.75. The molecule has 7 nitrogen and oxygen atoms in total. The number of amides is 1. The van der Waals surface area contributed by atoms with Crippen LogP contribution in [0, 0.1) is 27.7 Å². The smallest absolute Gasteiger partial charge is 0.355 e. The molecule has 0 unspecified atom stereocenters. The molecule has 0 spiro atoms. The van der Waals surface area contributed by atoms with Crippen molar-refractivity contribution in [3.8, 4) is 0 Å². The van der Waals surface area contributed by atoms with Gasteiger partial charge in [-0.05, 0) is 51.3 Å². The second-order valence-corrected chi connectivity index (χ2v) is 6.24. The predicted octanol–water partition coefficient (Wildman–Crippen LogP) is 3.22. The van der Waals surface area contributed by atoms with Crippen molar-refractivity contribution in [1.82, 2.24) is 4.98 Å². The Morgan fingerprint density at radius 3 is 2.22 bits per heavy atom. The van der Waals surface area contributed by atoms with Crippen molar-refractivity contribution in [2.24, 2.45) is 0 Å². The van der Waals surface area contributed by atoms with Crippen LogP contribution in [0.1, 0.15) is 50.2 Å². The number of carbonyl (C=O) groups excluding carboxylic acids is 3. The van der Waals surface area contributed by atoms with E-state index >= 15 is 0 Å². The number of hydrogen-bond donors (Lipinski definition) is 2. The van der Waals surface area contributed by atoms with Crippen LogP contribution in [0.2, 0.25) is 0 Å². The average molecular weight is 372 g/mol. The van der Waals surface area contributed by atoms with Gasteiger partial charge in [-0.15, -0.1) is 0 Å². The number of anilines is 1. The summed E-state index contributed by atoms with van der Waals surface area (Å²) < 4.78 is 10.1. The Labute approximate surface area is 158 Å². The molecule has 0 fully saturated rings. The van der Waals surface area contributed by atoms with Gasteiger partial charge in [0.1, 0.15) is 5.69 Å². The highest BCUT2D eigenvalue weighted by atomic mass is 16.5. The van der Waals surface area contributed by atoms with Crippen molar-refractivity contribution in [2.45, 2.75) is 34.6 Å². The molecular weight excluding hydrogens is 348 g/mol. The molecule has 1 heterocycles. The molecule has 7 heteroatoms. The zero-order valence-electron chi connectivity index (χ0n) is 16.2. The van der Waals surface area contributed by atoms with Gasteiger partial charge in [-0.25, -0.2) is 9.59 Å². The van der Waals surface area contributed by atoms with Crippen molar-refractivity contribution in [2.75, 3.05) is 18.5 Å². The number of aromatic amines is 1. The van der Waals surface area contributed by atoms with Crippen LogP contribution in [0.4, 0.5) is 5.69 Å². The number of aromatic nitrogens is 1. The molecule has 2 rings (SSSR count). The summed E-state index contributed by atoms with van der Waals surface area (Å²) in [6.07, 6.45) is 0. The first-order valence-electron chi connectivity index (χ1n) is 8.65.